The quantitative estimate of drug-likeness (QED) is 0.676. The molecule has 2 amide bonds. The van der Waals surface area contributed by atoms with E-state index in [4.69, 9.17) is 11.6 Å². The van der Waals surface area contributed by atoms with E-state index in [-0.39, 0.29) is 6.03 Å². The molecule has 0 saturated heterocycles. The van der Waals surface area contributed by atoms with Crippen LogP contribution in [-0.2, 0) is 6.54 Å². The fourth-order valence-corrected chi connectivity index (χ4v) is 3.24. The van der Waals surface area contributed by atoms with Gasteiger partial charge < -0.3 is 5.32 Å². The van der Waals surface area contributed by atoms with Gasteiger partial charge in [-0.1, -0.05) is 35.5 Å². The topological polar surface area (TPSA) is 63.1 Å². The second kappa shape index (κ2) is 7.06. The molecule has 23 heavy (non-hydrogen) atoms. The molecular formula is C15H16ClN5OS. The van der Waals surface area contributed by atoms with Gasteiger partial charge in [0.15, 0.2) is 5.16 Å². The van der Waals surface area contributed by atoms with Crippen LogP contribution in [0, 0.1) is 0 Å². The summed E-state index contributed by atoms with van der Waals surface area (Å²) in [6.07, 6.45) is 2.68. The van der Waals surface area contributed by atoms with Gasteiger partial charge in [0, 0.05) is 29.6 Å². The zero-order valence-corrected chi connectivity index (χ0v) is 14.0. The molecule has 1 N–H and O–H groups in total. The van der Waals surface area contributed by atoms with Gasteiger partial charge in [-0.25, -0.2) is 4.79 Å². The molecular weight excluding hydrogens is 334 g/mol. The van der Waals surface area contributed by atoms with Gasteiger partial charge in [-0.05, 0) is 24.6 Å². The molecule has 0 saturated carbocycles. The van der Waals surface area contributed by atoms with Crippen molar-refractivity contribution in [2.24, 2.45) is 0 Å². The lowest BCUT2D eigenvalue weighted by molar-refractivity contribution is 0.255. The van der Waals surface area contributed by atoms with Crippen LogP contribution in [0.5, 0.6) is 0 Å². The molecule has 2 heterocycles. The molecule has 0 bridgehead atoms. The van der Waals surface area contributed by atoms with E-state index in [1.165, 1.54) is 0 Å². The second-order valence-electron chi connectivity index (χ2n) is 4.98. The highest BCUT2D eigenvalue weighted by Crippen LogP contribution is 2.26. The fourth-order valence-electron chi connectivity index (χ4n) is 2.35. The minimum atomic E-state index is -0.235. The summed E-state index contributed by atoms with van der Waals surface area (Å²) in [5.41, 5.74) is 0.653. The molecule has 8 heteroatoms. The summed E-state index contributed by atoms with van der Waals surface area (Å²) in [4.78, 5) is 14.1. The van der Waals surface area contributed by atoms with E-state index in [0.717, 1.165) is 23.9 Å². The Morgan fingerprint density at radius 3 is 3.09 bits per heavy atom. The van der Waals surface area contributed by atoms with Gasteiger partial charge in [0.2, 0.25) is 5.95 Å². The van der Waals surface area contributed by atoms with Crippen LogP contribution in [0.15, 0.2) is 42.1 Å². The van der Waals surface area contributed by atoms with Crippen molar-refractivity contribution < 1.29 is 4.79 Å². The molecule has 0 spiro atoms. The lowest BCUT2D eigenvalue weighted by Gasteiger charge is -2.27. The molecule has 1 aromatic heterocycles. The first-order valence-corrected chi connectivity index (χ1v) is 8.56. The first kappa shape index (κ1) is 15.9. The Kier molecular flexibility index (Phi) is 4.88. The number of thioether (sulfide) groups is 1. The molecule has 1 aliphatic rings. The van der Waals surface area contributed by atoms with Gasteiger partial charge in [-0.3, -0.25) is 9.47 Å². The summed E-state index contributed by atoms with van der Waals surface area (Å²) in [6, 6.07) is 6.82. The number of nitrogens with one attached hydrogen (secondary N) is 1. The van der Waals surface area contributed by atoms with Crippen LogP contribution in [0.2, 0.25) is 5.02 Å². The number of carbonyl (C=O) groups excluding carboxylic acids is 1. The van der Waals surface area contributed by atoms with E-state index >= 15 is 0 Å². The molecule has 6 nitrogen and oxygen atoms in total. The van der Waals surface area contributed by atoms with Gasteiger partial charge in [0.1, 0.15) is 0 Å². The highest BCUT2D eigenvalue weighted by atomic mass is 35.5. The molecule has 0 aliphatic carbocycles. The van der Waals surface area contributed by atoms with Gasteiger partial charge in [0.05, 0.1) is 0 Å². The van der Waals surface area contributed by atoms with Crippen molar-refractivity contribution in [2.75, 3.05) is 22.5 Å². The van der Waals surface area contributed by atoms with Gasteiger partial charge >= 0.3 is 6.03 Å². The number of nitrogens with zero attached hydrogens (tertiary/aromatic N) is 4. The second-order valence-corrected chi connectivity index (χ2v) is 6.40. The number of carbonyl (C=O) groups is 1. The molecule has 3 rings (SSSR count). The summed E-state index contributed by atoms with van der Waals surface area (Å²) in [5, 5.41) is 12.6. The monoisotopic (exact) mass is 349 g/mol. The Balaban J connectivity index is 1.78. The van der Waals surface area contributed by atoms with E-state index in [2.05, 4.69) is 22.1 Å². The maximum absolute atomic E-state index is 12.5. The largest absolute Gasteiger partial charge is 0.328 e. The van der Waals surface area contributed by atoms with E-state index < -0.39 is 0 Å². The minimum Gasteiger partial charge on any atom is -0.307 e. The third-order valence-electron chi connectivity index (χ3n) is 3.35. The Hall–Kier alpha value is -1.99. The number of benzene rings is 1. The number of hydrogen-bond donors (Lipinski definition) is 1. The van der Waals surface area contributed by atoms with Gasteiger partial charge in [-0.2, -0.15) is 0 Å². The molecule has 0 radical (unpaired) electrons. The van der Waals surface area contributed by atoms with Crippen LogP contribution in [0.4, 0.5) is 16.4 Å². The van der Waals surface area contributed by atoms with Crippen LogP contribution >= 0.6 is 23.4 Å². The smallest absolute Gasteiger partial charge is 0.307 e. The van der Waals surface area contributed by atoms with Crippen LogP contribution in [0.1, 0.15) is 6.42 Å². The number of aromatic nitrogens is 3. The molecule has 0 atom stereocenters. The normalized spacial score (nSPS) is 13.5. The summed E-state index contributed by atoms with van der Waals surface area (Å²) >= 11 is 7.50. The molecule has 1 aromatic carbocycles. The van der Waals surface area contributed by atoms with Crippen molar-refractivity contribution in [1.82, 2.24) is 14.8 Å². The average Bonchev–Trinajstić information content (AvgIpc) is 2.96. The number of rotatable bonds is 4. The first-order valence-electron chi connectivity index (χ1n) is 7.20. The van der Waals surface area contributed by atoms with Crippen LogP contribution in [0.25, 0.3) is 0 Å². The number of halogens is 1. The van der Waals surface area contributed by atoms with Crippen molar-refractivity contribution >= 4 is 41.0 Å². The summed E-state index contributed by atoms with van der Waals surface area (Å²) in [5.74, 6) is 1.33. The summed E-state index contributed by atoms with van der Waals surface area (Å²) in [6.45, 7) is 5.12. The number of urea groups is 1. The van der Waals surface area contributed by atoms with Crippen molar-refractivity contribution in [2.45, 2.75) is 18.1 Å². The highest BCUT2D eigenvalue weighted by molar-refractivity contribution is 7.99. The maximum atomic E-state index is 12.5. The third-order valence-corrected chi connectivity index (χ3v) is 4.55. The molecule has 1 aliphatic heterocycles. The number of anilines is 2. The third kappa shape index (κ3) is 3.51. The molecule has 2 aromatic rings. The molecule has 0 unspecified atom stereocenters. The maximum Gasteiger partial charge on any atom is 0.328 e. The Labute approximate surface area is 143 Å². The zero-order valence-electron chi connectivity index (χ0n) is 12.4. The Morgan fingerprint density at radius 1 is 1.43 bits per heavy atom. The standard InChI is InChI=1S/C15H16ClN5OS/c1-2-9-23-15-19-18-13-20(7-4-8-21(13)15)14(22)17-12-6-3-5-11(16)10-12/h2-3,5-6,10H,1,4,7-9H2,(H,17,22). The van der Waals surface area contributed by atoms with Crippen molar-refractivity contribution in [3.05, 3.63) is 41.9 Å². The van der Waals surface area contributed by atoms with Gasteiger partial charge in [-0.15, -0.1) is 16.8 Å². The van der Waals surface area contributed by atoms with E-state index in [9.17, 15) is 4.79 Å². The number of fused-ring (bicyclic) bond motifs is 1. The lowest BCUT2D eigenvalue weighted by Crippen LogP contribution is -2.40. The average molecular weight is 350 g/mol. The van der Waals surface area contributed by atoms with Crippen LogP contribution in [0.3, 0.4) is 0 Å². The molecule has 0 fully saturated rings. The summed E-state index contributed by atoms with van der Waals surface area (Å²) in [7, 11) is 0. The van der Waals surface area contributed by atoms with E-state index in [0.29, 0.717) is 23.2 Å². The number of hydrogen-bond acceptors (Lipinski definition) is 4. The number of amides is 2. The van der Waals surface area contributed by atoms with E-state index in [1.54, 1.807) is 40.9 Å². The van der Waals surface area contributed by atoms with Crippen molar-refractivity contribution in [3.8, 4) is 0 Å². The first-order chi connectivity index (χ1) is 11.2. The Bertz CT molecular complexity index is 732. The van der Waals surface area contributed by atoms with Crippen molar-refractivity contribution in [3.63, 3.8) is 0 Å². The van der Waals surface area contributed by atoms with Gasteiger partial charge in [0.25, 0.3) is 0 Å². The van der Waals surface area contributed by atoms with E-state index in [1.807, 2.05) is 10.6 Å². The van der Waals surface area contributed by atoms with Crippen LogP contribution in [-0.4, -0.2) is 33.1 Å². The predicted molar refractivity (Wildman–Crippen MR) is 93.4 cm³/mol. The predicted octanol–water partition coefficient (Wildman–Crippen LogP) is 3.65. The summed E-state index contributed by atoms with van der Waals surface area (Å²) < 4.78 is 1.97. The lowest BCUT2D eigenvalue weighted by atomic mass is 10.3. The zero-order chi connectivity index (χ0) is 16.2. The molecule has 120 valence electrons. The fraction of sp³-hybridized carbons (Fsp3) is 0.267. The highest BCUT2D eigenvalue weighted by Gasteiger charge is 2.27. The minimum absolute atomic E-state index is 0.235. The SMILES string of the molecule is C=CCSc1nnc2n1CCCN2C(=O)Nc1cccc(Cl)c1. The van der Waals surface area contributed by atoms with Crippen molar-refractivity contribution in [1.29, 1.82) is 0 Å². The van der Waals surface area contributed by atoms with Crippen LogP contribution < -0.4 is 10.2 Å². The Morgan fingerprint density at radius 2 is 2.30 bits per heavy atom.